The lowest BCUT2D eigenvalue weighted by molar-refractivity contribution is 0.0940. The van der Waals surface area contributed by atoms with Gasteiger partial charge in [-0.05, 0) is 42.3 Å². The van der Waals surface area contributed by atoms with Crippen molar-refractivity contribution in [2.24, 2.45) is 0 Å². The number of alkyl halides is 1. The number of nitrogens with one attached hydrogen (secondary N) is 1. The highest BCUT2D eigenvalue weighted by atomic mass is 79.9. The van der Waals surface area contributed by atoms with E-state index in [1.54, 1.807) is 0 Å². The zero-order chi connectivity index (χ0) is 14.5. The van der Waals surface area contributed by atoms with Crippen LogP contribution in [0.25, 0.3) is 0 Å². The summed E-state index contributed by atoms with van der Waals surface area (Å²) in [7, 11) is 0. The third-order valence-electron chi connectivity index (χ3n) is 3.09. The number of carbonyl (C=O) groups excluding carboxylic acids is 1. The largest absolute Gasteiger partial charge is 0.346 e. The SMILES string of the molecule is CC(NC(=O)c1ccc(CBr)cc1)c1ccc(Br)cc1. The van der Waals surface area contributed by atoms with Crippen molar-refractivity contribution in [1.82, 2.24) is 5.32 Å². The Morgan fingerprint density at radius 3 is 2.25 bits per heavy atom. The van der Waals surface area contributed by atoms with Gasteiger partial charge in [-0.1, -0.05) is 56.1 Å². The van der Waals surface area contributed by atoms with Gasteiger partial charge in [0, 0.05) is 15.4 Å². The number of carbonyl (C=O) groups is 1. The highest BCUT2D eigenvalue weighted by molar-refractivity contribution is 9.10. The van der Waals surface area contributed by atoms with Crippen molar-refractivity contribution in [1.29, 1.82) is 0 Å². The first-order valence-corrected chi connectivity index (χ1v) is 8.23. The van der Waals surface area contributed by atoms with Crippen LogP contribution in [0.15, 0.2) is 53.0 Å². The van der Waals surface area contributed by atoms with E-state index in [1.807, 2.05) is 55.5 Å². The molecule has 20 heavy (non-hydrogen) atoms. The second-order valence-corrected chi connectivity index (χ2v) is 6.05. The van der Waals surface area contributed by atoms with E-state index in [-0.39, 0.29) is 11.9 Å². The molecule has 104 valence electrons. The van der Waals surface area contributed by atoms with Crippen LogP contribution in [-0.4, -0.2) is 5.91 Å². The molecule has 2 aromatic carbocycles. The van der Waals surface area contributed by atoms with Crippen molar-refractivity contribution < 1.29 is 4.79 Å². The Bertz CT molecular complexity index is 578. The van der Waals surface area contributed by atoms with Gasteiger partial charge in [-0.15, -0.1) is 0 Å². The van der Waals surface area contributed by atoms with Crippen LogP contribution in [0, 0.1) is 0 Å². The standard InChI is InChI=1S/C16H15Br2NO/c1-11(13-6-8-15(18)9-7-13)19-16(20)14-4-2-12(10-17)3-5-14/h2-9,11H,10H2,1H3,(H,19,20). The number of hydrogen-bond acceptors (Lipinski definition) is 1. The molecule has 0 fully saturated rings. The maximum absolute atomic E-state index is 12.2. The van der Waals surface area contributed by atoms with E-state index in [2.05, 4.69) is 37.2 Å². The summed E-state index contributed by atoms with van der Waals surface area (Å²) in [5.41, 5.74) is 2.92. The minimum atomic E-state index is -0.0541. The summed E-state index contributed by atoms with van der Waals surface area (Å²) in [5.74, 6) is -0.0541. The summed E-state index contributed by atoms with van der Waals surface area (Å²) >= 11 is 6.80. The van der Waals surface area contributed by atoms with Crippen LogP contribution in [0.5, 0.6) is 0 Å². The molecule has 2 rings (SSSR count). The second-order valence-electron chi connectivity index (χ2n) is 4.58. The first-order chi connectivity index (χ1) is 9.60. The average molecular weight is 397 g/mol. The van der Waals surface area contributed by atoms with E-state index in [0.29, 0.717) is 5.56 Å². The molecule has 0 spiro atoms. The van der Waals surface area contributed by atoms with Crippen molar-refractivity contribution in [3.8, 4) is 0 Å². The summed E-state index contributed by atoms with van der Waals surface area (Å²) < 4.78 is 1.03. The minimum absolute atomic E-state index is 0.0218. The third kappa shape index (κ3) is 3.93. The molecule has 2 aromatic rings. The Hall–Kier alpha value is -1.13. The number of hydrogen-bond donors (Lipinski definition) is 1. The van der Waals surface area contributed by atoms with Crippen LogP contribution >= 0.6 is 31.9 Å². The molecule has 1 unspecified atom stereocenters. The van der Waals surface area contributed by atoms with Gasteiger partial charge in [0.1, 0.15) is 0 Å². The van der Waals surface area contributed by atoms with E-state index < -0.39 is 0 Å². The first-order valence-electron chi connectivity index (χ1n) is 6.31. The molecule has 0 radical (unpaired) electrons. The van der Waals surface area contributed by atoms with Gasteiger partial charge in [-0.2, -0.15) is 0 Å². The molecule has 0 aromatic heterocycles. The number of amides is 1. The Morgan fingerprint density at radius 1 is 1.10 bits per heavy atom. The van der Waals surface area contributed by atoms with Crippen LogP contribution in [0.3, 0.4) is 0 Å². The minimum Gasteiger partial charge on any atom is -0.346 e. The van der Waals surface area contributed by atoms with Gasteiger partial charge in [0.05, 0.1) is 6.04 Å². The Morgan fingerprint density at radius 2 is 1.70 bits per heavy atom. The van der Waals surface area contributed by atoms with Crippen molar-refractivity contribution in [2.45, 2.75) is 18.3 Å². The molecule has 0 aliphatic rings. The molecule has 1 atom stereocenters. The average Bonchev–Trinajstić information content (AvgIpc) is 2.48. The van der Waals surface area contributed by atoms with Crippen molar-refractivity contribution in [3.63, 3.8) is 0 Å². The fourth-order valence-electron chi connectivity index (χ4n) is 1.86. The fraction of sp³-hybridized carbons (Fsp3) is 0.188. The monoisotopic (exact) mass is 395 g/mol. The van der Waals surface area contributed by atoms with Crippen LogP contribution < -0.4 is 5.32 Å². The van der Waals surface area contributed by atoms with Crippen molar-refractivity contribution in [3.05, 3.63) is 69.7 Å². The van der Waals surface area contributed by atoms with Crippen molar-refractivity contribution in [2.75, 3.05) is 0 Å². The van der Waals surface area contributed by atoms with E-state index in [1.165, 1.54) is 0 Å². The van der Waals surface area contributed by atoms with Gasteiger partial charge >= 0.3 is 0 Å². The molecule has 0 saturated heterocycles. The molecule has 1 N–H and O–H groups in total. The summed E-state index contributed by atoms with van der Waals surface area (Å²) in [5, 5.41) is 3.80. The molecule has 4 heteroatoms. The van der Waals surface area contributed by atoms with Gasteiger partial charge in [-0.3, -0.25) is 4.79 Å². The molecule has 0 bridgehead atoms. The van der Waals surface area contributed by atoms with Gasteiger partial charge < -0.3 is 5.32 Å². The van der Waals surface area contributed by atoms with Crippen LogP contribution in [0.1, 0.15) is 34.5 Å². The fourth-order valence-corrected chi connectivity index (χ4v) is 2.50. The van der Waals surface area contributed by atoms with Crippen LogP contribution in [-0.2, 0) is 5.33 Å². The summed E-state index contributed by atoms with van der Waals surface area (Å²) in [6.45, 7) is 1.98. The Kier molecular flexibility index (Phi) is 5.38. The zero-order valence-electron chi connectivity index (χ0n) is 11.1. The molecule has 1 amide bonds. The quantitative estimate of drug-likeness (QED) is 0.736. The molecular weight excluding hydrogens is 382 g/mol. The Balaban J connectivity index is 2.04. The van der Waals surface area contributed by atoms with E-state index >= 15 is 0 Å². The van der Waals surface area contributed by atoms with Gasteiger partial charge in [0.15, 0.2) is 0 Å². The first kappa shape index (κ1) is 15.3. The molecule has 0 heterocycles. The van der Waals surface area contributed by atoms with Gasteiger partial charge in [0.25, 0.3) is 5.91 Å². The summed E-state index contributed by atoms with van der Waals surface area (Å²) in [6.07, 6.45) is 0. The third-order valence-corrected chi connectivity index (χ3v) is 4.26. The predicted octanol–water partition coefficient (Wildman–Crippen LogP) is 4.84. The lowest BCUT2D eigenvalue weighted by atomic mass is 10.1. The Labute approximate surface area is 135 Å². The highest BCUT2D eigenvalue weighted by Crippen LogP contribution is 2.17. The predicted molar refractivity (Wildman–Crippen MR) is 89.1 cm³/mol. The normalized spacial score (nSPS) is 11.9. The van der Waals surface area contributed by atoms with Gasteiger partial charge in [0.2, 0.25) is 0 Å². The van der Waals surface area contributed by atoms with Crippen LogP contribution in [0.4, 0.5) is 0 Å². The van der Waals surface area contributed by atoms with E-state index in [0.717, 1.165) is 20.9 Å². The van der Waals surface area contributed by atoms with Crippen molar-refractivity contribution >= 4 is 37.8 Å². The van der Waals surface area contributed by atoms with Crippen LogP contribution in [0.2, 0.25) is 0 Å². The molecule has 0 aliphatic heterocycles. The van der Waals surface area contributed by atoms with E-state index in [9.17, 15) is 4.79 Å². The number of benzene rings is 2. The molecule has 2 nitrogen and oxygen atoms in total. The summed E-state index contributed by atoms with van der Waals surface area (Å²) in [4.78, 5) is 12.2. The topological polar surface area (TPSA) is 29.1 Å². The smallest absolute Gasteiger partial charge is 0.251 e. The lowest BCUT2D eigenvalue weighted by Crippen LogP contribution is -2.26. The molecule has 0 aliphatic carbocycles. The zero-order valence-corrected chi connectivity index (χ0v) is 14.2. The molecule has 0 saturated carbocycles. The number of rotatable bonds is 4. The van der Waals surface area contributed by atoms with Gasteiger partial charge in [-0.25, -0.2) is 0 Å². The maximum atomic E-state index is 12.2. The highest BCUT2D eigenvalue weighted by Gasteiger charge is 2.11. The second kappa shape index (κ2) is 7.04. The lowest BCUT2D eigenvalue weighted by Gasteiger charge is -2.14. The maximum Gasteiger partial charge on any atom is 0.251 e. The number of halogens is 2. The summed E-state index contributed by atoms with van der Waals surface area (Å²) in [6, 6.07) is 15.5. The van der Waals surface area contributed by atoms with E-state index in [4.69, 9.17) is 0 Å². The molecular formula is C16H15Br2NO.